The lowest BCUT2D eigenvalue weighted by Gasteiger charge is -2.05. The maximum absolute atomic E-state index is 10.4. The Morgan fingerprint density at radius 2 is 2.29 bits per heavy atom. The Kier molecular flexibility index (Phi) is 3.25. The highest BCUT2D eigenvalue weighted by Crippen LogP contribution is 2.22. The van der Waals surface area contributed by atoms with Crippen molar-refractivity contribution < 1.29 is 9.90 Å². The van der Waals surface area contributed by atoms with Gasteiger partial charge in [0.25, 0.3) is 0 Å². The number of hydrogen-bond donors (Lipinski definition) is 1. The molecule has 4 nitrogen and oxygen atoms in total. The third-order valence-corrected chi connectivity index (χ3v) is 2.48. The van der Waals surface area contributed by atoms with Gasteiger partial charge in [0, 0.05) is 18.5 Å². The molecule has 0 spiro atoms. The molecule has 1 heterocycles. The van der Waals surface area contributed by atoms with E-state index in [9.17, 15) is 4.79 Å². The SMILES string of the molecule is O=C(O)C=Cc1ccc(-n2ccnc2)c(Cl)c1. The summed E-state index contributed by atoms with van der Waals surface area (Å²) in [5.74, 6) is -0.986. The first-order chi connectivity index (χ1) is 8.16. The number of carboxylic acid groups (broad SMARTS) is 1. The number of carboxylic acids is 1. The fraction of sp³-hybridized carbons (Fsp3) is 0. The molecule has 0 saturated carbocycles. The monoisotopic (exact) mass is 248 g/mol. The lowest BCUT2D eigenvalue weighted by atomic mass is 10.2. The molecular formula is C12H9ClN2O2. The average molecular weight is 249 g/mol. The highest BCUT2D eigenvalue weighted by Gasteiger charge is 2.02. The van der Waals surface area contributed by atoms with Gasteiger partial charge in [0.05, 0.1) is 17.0 Å². The minimum Gasteiger partial charge on any atom is -0.478 e. The molecule has 0 aliphatic heterocycles. The van der Waals surface area contributed by atoms with E-state index >= 15 is 0 Å². The molecule has 2 aromatic rings. The first kappa shape index (κ1) is 11.4. The largest absolute Gasteiger partial charge is 0.478 e. The van der Waals surface area contributed by atoms with Gasteiger partial charge >= 0.3 is 5.97 Å². The molecule has 1 N–H and O–H groups in total. The first-order valence-corrected chi connectivity index (χ1v) is 5.23. The van der Waals surface area contributed by atoms with Gasteiger partial charge in [0.15, 0.2) is 0 Å². The molecule has 0 aliphatic carbocycles. The van der Waals surface area contributed by atoms with Crippen molar-refractivity contribution in [3.63, 3.8) is 0 Å². The quantitative estimate of drug-likeness (QED) is 0.850. The topological polar surface area (TPSA) is 55.1 Å². The Morgan fingerprint density at radius 3 is 2.88 bits per heavy atom. The van der Waals surface area contributed by atoms with E-state index in [0.717, 1.165) is 17.3 Å². The number of hydrogen-bond acceptors (Lipinski definition) is 2. The molecule has 5 heteroatoms. The Balaban J connectivity index is 2.32. The molecule has 0 unspecified atom stereocenters. The van der Waals surface area contributed by atoms with Crippen LogP contribution >= 0.6 is 11.6 Å². The minimum absolute atomic E-state index is 0.538. The second kappa shape index (κ2) is 4.84. The van der Waals surface area contributed by atoms with Crippen molar-refractivity contribution in [2.75, 3.05) is 0 Å². The van der Waals surface area contributed by atoms with Gasteiger partial charge in [-0.1, -0.05) is 17.7 Å². The highest BCUT2D eigenvalue weighted by atomic mass is 35.5. The summed E-state index contributed by atoms with van der Waals surface area (Å²) in [6, 6.07) is 5.31. The minimum atomic E-state index is -0.986. The molecule has 0 atom stereocenters. The summed E-state index contributed by atoms with van der Waals surface area (Å²) < 4.78 is 1.78. The lowest BCUT2D eigenvalue weighted by molar-refractivity contribution is -0.131. The molecule has 2 rings (SSSR count). The van der Waals surface area contributed by atoms with Crippen molar-refractivity contribution >= 4 is 23.6 Å². The fourth-order valence-corrected chi connectivity index (χ4v) is 1.69. The molecule has 1 aromatic carbocycles. The predicted molar refractivity (Wildman–Crippen MR) is 65.2 cm³/mol. The van der Waals surface area contributed by atoms with Gasteiger partial charge in [-0.05, 0) is 23.8 Å². The third-order valence-electron chi connectivity index (χ3n) is 2.17. The van der Waals surface area contributed by atoms with Crippen LogP contribution in [0.4, 0.5) is 0 Å². The average Bonchev–Trinajstić information content (AvgIpc) is 2.79. The zero-order chi connectivity index (χ0) is 12.3. The van der Waals surface area contributed by atoms with Crippen LogP contribution in [0.15, 0.2) is 43.0 Å². The van der Waals surface area contributed by atoms with Crippen LogP contribution in [0.1, 0.15) is 5.56 Å². The van der Waals surface area contributed by atoms with Gasteiger partial charge in [0.1, 0.15) is 0 Å². The summed E-state index contributed by atoms with van der Waals surface area (Å²) in [5, 5.41) is 9.05. The van der Waals surface area contributed by atoms with Crippen LogP contribution in [0.3, 0.4) is 0 Å². The number of rotatable bonds is 3. The van der Waals surface area contributed by atoms with Crippen molar-refractivity contribution in [2.45, 2.75) is 0 Å². The van der Waals surface area contributed by atoms with Gasteiger partial charge in [-0.2, -0.15) is 0 Å². The summed E-state index contributed by atoms with van der Waals surface area (Å²) >= 11 is 6.11. The van der Waals surface area contributed by atoms with Crippen LogP contribution in [0.2, 0.25) is 5.02 Å². The third kappa shape index (κ3) is 2.73. The standard InChI is InChI=1S/C12H9ClN2O2/c13-10-7-9(2-4-12(16)17)1-3-11(10)15-6-5-14-8-15/h1-8H,(H,16,17). The summed E-state index contributed by atoms with van der Waals surface area (Å²) in [4.78, 5) is 14.3. The second-order valence-electron chi connectivity index (χ2n) is 3.35. The van der Waals surface area contributed by atoms with Crippen molar-refractivity contribution in [3.8, 4) is 5.69 Å². The molecule has 0 radical (unpaired) electrons. The van der Waals surface area contributed by atoms with E-state index < -0.39 is 5.97 Å². The number of benzene rings is 1. The van der Waals surface area contributed by atoms with E-state index in [2.05, 4.69) is 4.98 Å². The Morgan fingerprint density at radius 1 is 1.47 bits per heavy atom. The predicted octanol–water partition coefficient (Wildman–Crippen LogP) is 2.62. The normalized spacial score (nSPS) is 10.9. The fourth-order valence-electron chi connectivity index (χ4n) is 1.41. The summed E-state index contributed by atoms with van der Waals surface area (Å²) in [7, 11) is 0. The second-order valence-corrected chi connectivity index (χ2v) is 3.76. The Labute approximate surface area is 103 Å². The molecule has 17 heavy (non-hydrogen) atoms. The van der Waals surface area contributed by atoms with E-state index in [1.807, 2.05) is 6.07 Å². The van der Waals surface area contributed by atoms with Crippen molar-refractivity contribution in [3.05, 3.63) is 53.6 Å². The summed E-state index contributed by atoms with van der Waals surface area (Å²) in [5.41, 5.74) is 1.54. The van der Waals surface area contributed by atoms with E-state index in [-0.39, 0.29) is 0 Å². The lowest BCUT2D eigenvalue weighted by Crippen LogP contribution is -1.91. The van der Waals surface area contributed by atoms with Crippen molar-refractivity contribution in [1.82, 2.24) is 9.55 Å². The number of imidazole rings is 1. The van der Waals surface area contributed by atoms with Gasteiger partial charge in [0.2, 0.25) is 0 Å². The molecule has 0 bridgehead atoms. The Hall–Kier alpha value is -2.07. The van der Waals surface area contributed by atoms with Crippen LogP contribution in [-0.4, -0.2) is 20.6 Å². The van der Waals surface area contributed by atoms with Crippen LogP contribution < -0.4 is 0 Å². The van der Waals surface area contributed by atoms with Crippen LogP contribution in [0.5, 0.6) is 0 Å². The smallest absolute Gasteiger partial charge is 0.328 e. The molecule has 86 valence electrons. The first-order valence-electron chi connectivity index (χ1n) is 4.86. The van der Waals surface area contributed by atoms with E-state index in [0.29, 0.717) is 5.02 Å². The van der Waals surface area contributed by atoms with Gasteiger partial charge < -0.3 is 9.67 Å². The van der Waals surface area contributed by atoms with Crippen molar-refractivity contribution in [1.29, 1.82) is 0 Å². The number of aromatic nitrogens is 2. The molecule has 1 aromatic heterocycles. The van der Waals surface area contributed by atoms with E-state index in [1.54, 1.807) is 35.4 Å². The molecule has 0 saturated heterocycles. The zero-order valence-corrected chi connectivity index (χ0v) is 9.50. The number of aliphatic carboxylic acids is 1. The summed E-state index contributed by atoms with van der Waals surface area (Å²) in [6.07, 6.45) is 7.66. The molecule has 0 aliphatic rings. The van der Waals surface area contributed by atoms with Gasteiger partial charge in [-0.25, -0.2) is 9.78 Å². The van der Waals surface area contributed by atoms with E-state index in [4.69, 9.17) is 16.7 Å². The van der Waals surface area contributed by atoms with Crippen LogP contribution in [-0.2, 0) is 4.79 Å². The number of nitrogens with zero attached hydrogens (tertiary/aromatic N) is 2. The van der Waals surface area contributed by atoms with Crippen LogP contribution in [0.25, 0.3) is 11.8 Å². The molecule has 0 amide bonds. The zero-order valence-electron chi connectivity index (χ0n) is 8.75. The van der Waals surface area contributed by atoms with Crippen molar-refractivity contribution in [2.24, 2.45) is 0 Å². The number of halogens is 1. The molecule has 0 fully saturated rings. The summed E-state index contributed by atoms with van der Waals surface area (Å²) in [6.45, 7) is 0. The van der Waals surface area contributed by atoms with Gasteiger partial charge in [-0.3, -0.25) is 0 Å². The maximum atomic E-state index is 10.4. The highest BCUT2D eigenvalue weighted by molar-refractivity contribution is 6.32. The van der Waals surface area contributed by atoms with Gasteiger partial charge in [-0.15, -0.1) is 0 Å². The number of carbonyl (C=O) groups is 1. The Bertz CT molecular complexity index is 562. The van der Waals surface area contributed by atoms with E-state index in [1.165, 1.54) is 6.08 Å². The maximum Gasteiger partial charge on any atom is 0.328 e. The molecular weight excluding hydrogens is 240 g/mol. The van der Waals surface area contributed by atoms with Crippen LogP contribution in [0, 0.1) is 0 Å².